The second kappa shape index (κ2) is 9.68. The molecule has 160 valence electrons. The molecule has 0 aliphatic carbocycles. The Morgan fingerprint density at radius 3 is 2.40 bits per heavy atom. The lowest BCUT2D eigenvalue weighted by Crippen LogP contribution is -2.49. The minimum atomic E-state index is -3.40. The number of carbonyl (C=O) groups is 1. The third kappa shape index (κ3) is 5.55. The predicted molar refractivity (Wildman–Crippen MR) is 114 cm³/mol. The van der Waals surface area contributed by atoms with Gasteiger partial charge in [0.25, 0.3) is 11.6 Å². The number of hydrogen-bond donors (Lipinski definition) is 1. The number of piperazine rings is 1. The van der Waals surface area contributed by atoms with E-state index < -0.39 is 20.9 Å². The van der Waals surface area contributed by atoms with Crippen LogP contribution in [0, 0.1) is 10.1 Å². The topological polar surface area (TPSA) is 113 Å². The quantitative estimate of drug-likeness (QED) is 0.387. The molecule has 10 heteroatoms. The van der Waals surface area contributed by atoms with Gasteiger partial charge in [0.15, 0.2) is 0 Å². The van der Waals surface area contributed by atoms with Gasteiger partial charge in [-0.05, 0) is 24.6 Å². The zero-order chi connectivity index (χ0) is 21.6. The van der Waals surface area contributed by atoms with E-state index in [1.165, 1.54) is 28.6 Å². The monoisotopic (exact) mass is 432 g/mol. The minimum absolute atomic E-state index is 0.0619. The van der Waals surface area contributed by atoms with E-state index in [9.17, 15) is 23.3 Å². The Labute approximate surface area is 175 Å². The summed E-state index contributed by atoms with van der Waals surface area (Å²) in [5.41, 5.74) is 1.09. The van der Waals surface area contributed by atoms with Gasteiger partial charge in [-0.25, -0.2) is 8.42 Å². The predicted octanol–water partition coefficient (Wildman–Crippen LogP) is 1.87. The van der Waals surface area contributed by atoms with Crippen molar-refractivity contribution in [2.75, 3.05) is 43.4 Å². The largest absolute Gasteiger partial charge is 0.369 e. The summed E-state index contributed by atoms with van der Waals surface area (Å²) in [6, 6.07) is 15.3. The van der Waals surface area contributed by atoms with Crippen LogP contribution in [0.25, 0.3) is 0 Å². The maximum absolute atomic E-state index is 12.6. The van der Waals surface area contributed by atoms with Crippen molar-refractivity contribution in [3.8, 4) is 0 Å². The van der Waals surface area contributed by atoms with Crippen molar-refractivity contribution in [1.29, 1.82) is 0 Å². The van der Waals surface area contributed by atoms with Gasteiger partial charge in [0.05, 0.1) is 10.7 Å². The van der Waals surface area contributed by atoms with Crippen molar-refractivity contribution in [3.63, 3.8) is 0 Å². The standard InChI is InChI=1S/C20H24N4O5S/c25-20(17-6-4-9-19(16-17)24(26)27)21-10-5-15-30(28,29)23-13-11-22(12-14-23)18-7-2-1-3-8-18/h1-4,6-9,16H,5,10-15H2,(H,21,25). The summed E-state index contributed by atoms with van der Waals surface area (Å²) in [4.78, 5) is 24.5. The Bertz CT molecular complexity index is 989. The molecule has 0 bridgehead atoms. The molecule has 1 amide bonds. The number of para-hydroxylation sites is 1. The Hall–Kier alpha value is -2.98. The third-order valence-electron chi connectivity index (χ3n) is 4.94. The summed E-state index contributed by atoms with van der Waals surface area (Å²) >= 11 is 0. The maximum Gasteiger partial charge on any atom is 0.270 e. The van der Waals surface area contributed by atoms with Crippen LogP contribution in [0.15, 0.2) is 54.6 Å². The van der Waals surface area contributed by atoms with Crippen LogP contribution in [-0.2, 0) is 10.0 Å². The van der Waals surface area contributed by atoms with Gasteiger partial charge in [-0.1, -0.05) is 24.3 Å². The van der Waals surface area contributed by atoms with E-state index in [0.29, 0.717) is 26.2 Å². The van der Waals surface area contributed by atoms with Crippen molar-refractivity contribution in [1.82, 2.24) is 9.62 Å². The normalized spacial score (nSPS) is 15.0. The number of benzene rings is 2. The molecule has 0 atom stereocenters. The fourth-order valence-corrected chi connectivity index (χ4v) is 4.80. The van der Waals surface area contributed by atoms with E-state index in [1.54, 1.807) is 0 Å². The molecule has 2 aromatic rings. The van der Waals surface area contributed by atoms with Gasteiger partial charge in [0.2, 0.25) is 10.0 Å². The first-order valence-electron chi connectivity index (χ1n) is 9.67. The van der Waals surface area contributed by atoms with E-state index in [0.717, 1.165) is 5.69 Å². The first-order chi connectivity index (χ1) is 14.4. The molecule has 0 saturated carbocycles. The van der Waals surface area contributed by atoms with Crippen molar-refractivity contribution < 1.29 is 18.1 Å². The fraction of sp³-hybridized carbons (Fsp3) is 0.350. The molecule has 1 fully saturated rings. The highest BCUT2D eigenvalue weighted by atomic mass is 32.2. The molecule has 9 nitrogen and oxygen atoms in total. The maximum atomic E-state index is 12.6. The summed E-state index contributed by atoms with van der Waals surface area (Å²) in [7, 11) is -3.40. The average Bonchev–Trinajstić information content (AvgIpc) is 2.77. The van der Waals surface area contributed by atoms with Gasteiger partial charge in [-0.15, -0.1) is 0 Å². The Morgan fingerprint density at radius 1 is 1.03 bits per heavy atom. The second-order valence-corrected chi connectivity index (χ2v) is 9.04. The molecule has 0 unspecified atom stereocenters. The number of non-ortho nitro benzene ring substituents is 1. The van der Waals surface area contributed by atoms with Gasteiger partial charge in [-0.2, -0.15) is 4.31 Å². The van der Waals surface area contributed by atoms with Gasteiger partial charge < -0.3 is 10.2 Å². The molecule has 30 heavy (non-hydrogen) atoms. The van der Waals surface area contributed by atoms with Crippen molar-refractivity contribution in [3.05, 3.63) is 70.3 Å². The van der Waals surface area contributed by atoms with Crippen LogP contribution in [0.1, 0.15) is 16.8 Å². The first-order valence-corrected chi connectivity index (χ1v) is 11.3. The lowest BCUT2D eigenvalue weighted by molar-refractivity contribution is -0.384. The molecule has 0 radical (unpaired) electrons. The number of amides is 1. The molecule has 1 heterocycles. The van der Waals surface area contributed by atoms with E-state index >= 15 is 0 Å². The van der Waals surface area contributed by atoms with Crippen LogP contribution in [0.4, 0.5) is 11.4 Å². The Balaban J connectivity index is 1.44. The van der Waals surface area contributed by atoms with Crippen LogP contribution in [0.3, 0.4) is 0 Å². The number of nitrogens with one attached hydrogen (secondary N) is 1. The number of hydrogen-bond acceptors (Lipinski definition) is 6. The number of sulfonamides is 1. The summed E-state index contributed by atoms with van der Waals surface area (Å²) in [5, 5.41) is 13.4. The van der Waals surface area contributed by atoms with Gasteiger partial charge in [0, 0.05) is 56.1 Å². The molecular formula is C20H24N4O5S. The van der Waals surface area contributed by atoms with Crippen molar-refractivity contribution in [2.45, 2.75) is 6.42 Å². The van der Waals surface area contributed by atoms with Gasteiger partial charge in [0.1, 0.15) is 0 Å². The van der Waals surface area contributed by atoms with E-state index in [1.807, 2.05) is 30.3 Å². The lowest BCUT2D eigenvalue weighted by Gasteiger charge is -2.35. The van der Waals surface area contributed by atoms with Crippen LogP contribution in [0.5, 0.6) is 0 Å². The number of carbonyl (C=O) groups excluding carboxylic acids is 1. The van der Waals surface area contributed by atoms with E-state index in [4.69, 9.17) is 0 Å². The first kappa shape index (κ1) is 21.7. The van der Waals surface area contributed by atoms with E-state index in [2.05, 4.69) is 10.2 Å². The zero-order valence-electron chi connectivity index (χ0n) is 16.4. The summed E-state index contributed by atoms with van der Waals surface area (Å²) < 4.78 is 26.7. The summed E-state index contributed by atoms with van der Waals surface area (Å²) in [6.07, 6.45) is 0.266. The Kier molecular flexibility index (Phi) is 7.01. The lowest BCUT2D eigenvalue weighted by atomic mass is 10.2. The molecule has 1 aliphatic rings. The van der Waals surface area contributed by atoms with Gasteiger partial charge in [-0.3, -0.25) is 14.9 Å². The average molecular weight is 433 g/mol. The van der Waals surface area contributed by atoms with Crippen LogP contribution < -0.4 is 10.2 Å². The highest BCUT2D eigenvalue weighted by Crippen LogP contribution is 2.17. The molecular weight excluding hydrogens is 408 g/mol. The van der Waals surface area contributed by atoms with E-state index in [-0.39, 0.29) is 30.0 Å². The molecule has 2 aromatic carbocycles. The molecule has 1 aliphatic heterocycles. The van der Waals surface area contributed by atoms with Crippen molar-refractivity contribution in [2.24, 2.45) is 0 Å². The fourth-order valence-electron chi connectivity index (χ4n) is 3.31. The van der Waals surface area contributed by atoms with Crippen LogP contribution in [0.2, 0.25) is 0 Å². The third-order valence-corrected chi connectivity index (χ3v) is 6.89. The molecule has 1 N–H and O–H groups in total. The molecule has 0 spiro atoms. The number of nitrogens with zero attached hydrogens (tertiary/aromatic N) is 3. The summed E-state index contributed by atoms with van der Waals surface area (Å²) in [6.45, 7) is 2.29. The number of anilines is 1. The zero-order valence-corrected chi connectivity index (χ0v) is 17.3. The second-order valence-electron chi connectivity index (χ2n) is 6.95. The number of rotatable bonds is 8. The van der Waals surface area contributed by atoms with Crippen LogP contribution in [-0.4, -0.2) is 62.0 Å². The van der Waals surface area contributed by atoms with Gasteiger partial charge >= 0.3 is 0 Å². The highest BCUT2D eigenvalue weighted by Gasteiger charge is 2.26. The molecule has 1 saturated heterocycles. The minimum Gasteiger partial charge on any atom is -0.369 e. The molecule has 3 rings (SSSR count). The highest BCUT2D eigenvalue weighted by molar-refractivity contribution is 7.89. The summed E-state index contributed by atoms with van der Waals surface area (Å²) in [5.74, 6) is -0.527. The number of nitro benzene ring substituents is 1. The molecule has 0 aromatic heterocycles. The smallest absolute Gasteiger partial charge is 0.270 e. The number of nitro groups is 1. The SMILES string of the molecule is O=C(NCCCS(=O)(=O)N1CCN(c2ccccc2)CC1)c1cccc([N+](=O)[O-])c1. The van der Waals surface area contributed by atoms with Crippen molar-refractivity contribution >= 4 is 27.3 Å². The van der Waals surface area contributed by atoms with Crippen LogP contribution >= 0.6 is 0 Å². The Morgan fingerprint density at radius 2 is 1.73 bits per heavy atom.